The third-order valence-electron chi connectivity index (χ3n) is 4.08. The number of hydrogen-bond donors (Lipinski definition) is 1. The van der Waals surface area contributed by atoms with Crippen molar-refractivity contribution in [1.29, 1.82) is 0 Å². The number of ketones is 1. The number of anilines is 1. The molecule has 0 bridgehead atoms. The molecule has 1 N–H and O–H groups in total. The molecule has 5 nitrogen and oxygen atoms in total. The SMILES string of the molecule is COc1ccc(C(=O)COc2ccc(NC(=O)c3ccc(Cl)c(Cl)c3)cc2)cc1. The molecule has 0 aliphatic rings. The first-order valence-electron chi connectivity index (χ1n) is 8.63. The Balaban J connectivity index is 1.56. The van der Waals surface area contributed by atoms with Crippen molar-refractivity contribution >= 4 is 40.6 Å². The first kappa shape index (κ1) is 20.7. The molecule has 29 heavy (non-hydrogen) atoms. The number of carbonyl (C=O) groups is 2. The molecule has 0 aliphatic heterocycles. The molecule has 3 aromatic rings. The van der Waals surface area contributed by atoms with Crippen LogP contribution in [-0.2, 0) is 0 Å². The number of nitrogens with one attached hydrogen (secondary N) is 1. The monoisotopic (exact) mass is 429 g/mol. The summed E-state index contributed by atoms with van der Waals surface area (Å²) in [6.45, 7) is -0.0959. The van der Waals surface area contributed by atoms with Gasteiger partial charge in [0.1, 0.15) is 11.5 Å². The van der Waals surface area contributed by atoms with E-state index in [9.17, 15) is 9.59 Å². The van der Waals surface area contributed by atoms with Gasteiger partial charge in [-0.25, -0.2) is 0 Å². The maximum atomic E-state index is 12.3. The lowest BCUT2D eigenvalue weighted by Gasteiger charge is -2.09. The highest BCUT2D eigenvalue weighted by atomic mass is 35.5. The van der Waals surface area contributed by atoms with Crippen LogP contribution in [0.3, 0.4) is 0 Å². The molecule has 3 rings (SSSR count). The summed E-state index contributed by atoms with van der Waals surface area (Å²) >= 11 is 11.8. The Morgan fingerprint density at radius 2 is 1.45 bits per heavy atom. The zero-order valence-electron chi connectivity index (χ0n) is 15.4. The van der Waals surface area contributed by atoms with E-state index < -0.39 is 0 Å². The standard InChI is InChI=1S/C22H17Cl2NO4/c1-28-17-7-2-14(3-8-17)21(26)13-29-18-9-5-16(6-10-18)25-22(27)15-4-11-19(23)20(24)12-15/h2-12H,13H2,1H3,(H,25,27). The normalized spacial score (nSPS) is 10.3. The first-order valence-corrected chi connectivity index (χ1v) is 9.38. The summed E-state index contributed by atoms with van der Waals surface area (Å²) in [5.41, 5.74) is 1.51. The van der Waals surface area contributed by atoms with Crippen molar-refractivity contribution in [2.24, 2.45) is 0 Å². The Hall–Kier alpha value is -3.02. The van der Waals surface area contributed by atoms with Crippen LogP contribution in [0.2, 0.25) is 10.0 Å². The maximum absolute atomic E-state index is 12.3. The molecule has 7 heteroatoms. The molecule has 0 fully saturated rings. The molecule has 0 heterocycles. The average Bonchev–Trinajstić information content (AvgIpc) is 2.75. The van der Waals surface area contributed by atoms with Gasteiger partial charge in [0, 0.05) is 16.8 Å². The van der Waals surface area contributed by atoms with Gasteiger partial charge in [0.25, 0.3) is 5.91 Å². The van der Waals surface area contributed by atoms with Crippen molar-refractivity contribution < 1.29 is 19.1 Å². The quantitative estimate of drug-likeness (QED) is 0.502. The molecule has 0 atom stereocenters. The van der Waals surface area contributed by atoms with Gasteiger partial charge in [-0.1, -0.05) is 23.2 Å². The molecule has 0 saturated heterocycles. The molecule has 1 amide bonds. The van der Waals surface area contributed by atoms with E-state index in [1.54, 1.807) is 67.8 Å². The Morgan fingerprint density at radius 3 is 2.07 bits per heavy atom. The molecule has 0 radical (unpaired) electrons. The summed E-state index contributed by atoms with van der Waals surface area (Å²) < 4.78 is 10.6. The van der Waals surface area contributed by atoms with Gasteiger partial charge in [0.05, 0.1) is 17.2 Å². The van der Waals surface area contributed by atoms with Crippen molar-refractivity contribution in [1.82, 2.24) is 0 Å². The molecular formula is C22H17Cl2NO4. The average molecular weight is 430 g/mol. The van der Waals surface area contributed by atoms with Crippen LogP contribution < -0.4 is 14.8 Å². The fourth-order valence-electron chi connectivity index (χ4n) is 2.48. The molecule has 3 aromatic carbocycles. The lowest BCUT2D eigenvalue weighted by molar-refractivity contribution is 0.0921. The van der Waals surface area contributed by atoms with Gasteiger partial charge in [-0.05, 0) is 66.7 Å². The van der Waals surface area contributed by atoms with E-state index in [1.165, 1.54) is 6.07 Å². The molecule has 0 aromatic heterocycles. The highest BCUT2D eigenvalue weighted by Crippen LogP contribution is 2.23. The zero-order valence-corrected chi connectivity index (χ0v) is 17.0. The van der Waals surface area contributed by atoms with Gasteiger partial charge in [-0.2, -0.15) is 0 Å². The topological polar surface area (TPSA) is 64.6 Å². The summed E-state index contributed by atoms with van der Waals surface area (Å²) in [5, 5.41) is 3.45. The highest BCUT2D eigenvalue weighted by Gasteiger charge is 2.10. The van der Waals surface area contributed by atoms with Gasteiger partial charge < -0.3 is 14.8 Å². The molecule has 0 spiro atoms. The minimum absolute atomic E-state index is 0.0959. The number of carbonyl (C=O) groups excluding carboxylic acids is 2. The number of hydrogen-bond acceptors (Lipinski definition) is 4. The number of ether oxygens (including phenoxy) is 2. The third kappa shape index (κ3) is 5.50. The van der Waals surface area contributed by atoms with Crippen LogP contribution in [0.5, 0.6) is 11.5 Å². The smallest absolute Gasteiger partial charge is 0.255 e. The van der Waals surface area contributed by atoms with E-state index in [-0.39, 0.29) is 18.3 Å². The lowest BCUT2D eigenvalue weighted by Crippen LogP contribution is -2.12. The first-order chi connectivity index (χ1) is 14.0. The summed E-state index contributed by atoms with van der Waals surface area (Å²) in [5.74, 6) is 0.733. The Labute approximate surface area is 178 Å². The van der Waals surface area contributed by atoms with Crippen LogP contribution in [-0.4, -0.2) is 25.4 Å². The van der Waals surface area contributed by atoms with Crippen molar-refractivity contribution in [2.75, 3.05) is 19.0 Å². The van der Waals surface area contributed by atoms with Crippen molar-refractivity contribution in [3.05, 3.63) is 87.9 Å². The van der Waals surface area contributed by atoms with Gasteiger partial charge in [0.2, 0.25) is 0 Å². The summed E-state index contributed by atoms with van der Waals surface area (Å²) in [6, 6.07) is 18.2. The van der Waals surface area contributed by atoms with E-state index in [4.69, 9.17) is 32.7 Å². The van der Waals surface area contributed by atoms with E-state index in [2.05, 4.69) is 5.32 Å². The summed E-state index contributed by atoms with van der Waals surface area (Å²) in [7, 11) is 1.57. The van der Waals surface area contributed by atoms with Gasteiger partial charge >= 0.3 is 0 Å². The molecule has 0 aliphatic carbocycles. The Bertz CT molecular complexity index is 1020. The van der Waals surface area contributed by atoms with Crippen LogP contribution in [0, 0.1) is 0 Å². The van der Waals surface area contributed by atoms with Gasteiger partial charge in [-0.15, -0.1) is 0 Å². The van der Waals surface area contributed by atoms with E-state index in [0.717, 1.165) is 0 Å². The van der Waals surface area contributed by atoms with Crippen LogP contribution in [0.1, 0.15) is 20.7 Å². The number of benzene rings is 3. The van der Waals surface area contributed by atoms with E-state index in [0.29, 0.717) is 38.4 Å². The van der Waals surface area contributed by atoms with Crippen LogP contribution >= 0.6 is 23.2 Å². The molecular weight excluding hydrogens is 413 g/mol. The summed E-state index contributed by atoms with van der Waals surface area (Å²) in [6.07, 6.45) is 0. The predicted molar refractivity (Wildman–Crippen MR) is 114 cm³/mol. The molecule has 0 unspecified atom stereocenters. The minimum atomic E-state index is -0.313. The lowest BCUT2D eigenvalue weighted by atomic mass is 10.1. The van der Waals surface area contributed by atoms with Gasteiger partial charge in [-0.3, -0.25) is 9.59 Å². The van der Waals surface area contributed by atoms with E-state index >= 15 is 0 Å². The van der Waals surface area contributed by atoms with Crippen LogP contribution in [0.25, 0.3) is 0 Å². The number of methoxy groups -OCH3 is 1. The zero-order chi connectivity index (χ0) is 20.8. The minimum Gasteiger partial charge on any atom is -0.497 e. The second kappa shape index (κ2) is 9.45. The van der Waals surface area contributed by atoms with Crippen molar-refractivity contribution in [3.8, 4) is 11.5 Å². The number of halogens is 2. The Kier molecular flexibility index (Phi) is 6.75. The number of Topliss-reactive ketones (excluding diaryl/α,β-unsaturated/α-hetero) is 1. The van der Waals surface area contributed by atoms with Crippen molar-refractivity contribution in [3.63, 3.8) is 0 Å². The predicted octanol–water partition coefficient (Wildman–Crippen LogP) is 5.52. The number of amides is 1. The van der Waals surface area contributed by atoms with Gasteiger partial charge in [0.15, 0.2) is 12.4 Å². The summed E-state index contributed by atoms with van der Waals surface area (Å²) in [4.78, 5) is 24.5. The Morgan fingerprint density at radius 1 is 0.828 bits per heavy atom. The van der Waals surface area contributed by atoms with E-state index in [1.807, 2.05) is 0 Å². The largest absolute Gasteiger partial charge is 0.497 e. The fourth-order valence-corrected chi connectivity index (χ4v) is 2.78. The third-order valence-corrected chi connectivity index (χ3v) is 4.81. The number of rotatable bonds is 7. The van der Waals surface area contributed by atoms with Crippen LogP contribution in [0.4, 0.5) is 5.69 Å². The second-order valence-corrected chi connectivity index (χ2v) is 6.86. The van der Waals surface area contributed by atoms with Crippen molar-refractivity contribution in [2.45, 2.75) is 0 Å². The second-order valence-electron chi connectivity index (χ2n) is 6.05. The molecule has 148 valence electrons. The van der Waals surface area contributed by atoms with Crippen LogP contribution in [0.15, 0.2) is 66.7 Å². The highest BCUT2D eigenvalue weighted by molar-refractivity contribution is 6.42. The maximum Gasteiger partial charge on any atom is 0.255 e. The fraction of sp³-hybridized carbons (Fsp3) is 0.0909. The molecule has 0 saturated carbocycles.